The van der Waals surface area contributed by atoms with E-state index < -0.39 is 0 Å². The third kappa shape index (κ3) is 3.01. The van der Waals surface area contributed by atoms with Gasteiger partial charge >= 0.3 is 0 Å². The molecule has 0 aliphatic carbocycles. The molecule has 1 amide bonds. The van der Waals surface area contributed by atoms with Crippen molar-refractivity contribution in [2.75, 3.05) is 13.1 Å². The highest BCUT2D eigenvalue weighted by atomic mass is 16.2. The van der Waals surface area contributed by atoms with Crippen LogP contribution in [0, 0.1) is 0 Å². The molecule has 0 bridgehead atoms. The van der Waals surface area contributed by atoms with Crippen molar-refractivity contribution in [3.8, 4) is 0 Å². The molecule has 1 aliphatic heterocycles. The van der Waals surface area contributed by atoms with Gasteiger partial charge in [-0.1, -0.05) is 0 Å². The van der Waals surface area contributed by atoms with Crippen LogP contribution in [0.2, 0.25) is 0 Å². The second kappa shape index (κ2) is 5.58. The van der Waals surface area contributed by atoms with Gasteiger partial charge in [0.05, 0.1) is 0 Å². The number of piperidine rings is 1. The van der Waals surface area contributed by atoms with E-state index in [0.29, 0.717) is 11.6 Å². The van der Waals surface area contributed by atoms with E-state index in [0.717, 1.165) is 25.9 Å². The monoisotopic (exact) mass is 220 g/mol. The first-order valence-corrected chi connectivity index (χ1v) is 5.53. The predicted molar refractivity (Wildman–Crippen MR) is 60.7 cm³/mol. The Kier molecular flexibility index (Phi) is 3.85. The lowest BCUT2D eigenvalue weighted by Gasteiger charge is -2.23. The number of amides is 1. The molecule has 5 nitrogen and oxygen atoms in total. The summed E-state index contributed by atoms with van der Waals surface area (Å²) >= 11 is 0. The normalized spacial score (nSPS) is 17.0. The summed E-state index contributed by atoms with van der Waals surface area (Å²) in [5.41, 5.74) is 6.41. The van der Waals surface area contributed by atoms with Crippen molar-refractivity contribution in [3.05, 3.63) is 30.1 Å². The van der Waals surface area contributed by atoms with E-state index in [-0.39, 0.29) is 5.91 Å². The Morgan fingerprint density at radius 3 is 2.69 bits per heavy atom. The number of hydrogen-bond acceptors (Lipinski definition) is 4. The standard InChI is InChI=1S/C11H16N4O/c16-11(9-1-5-12-6-2-9)15-14-10-3-7-13-8-4-10/h1-2,5-6,10,13-14H,3-4,7-8H2,(H,15,16). The zero-order chi connectivity index (χ0) is 11.2. The topological polar surface area (TPSA) is 66.1 Å². The van der Waals surface area contributed by atoms with Crippen molar-refractivity contribution >= 4 is 5.91 Å². The van der Waals surface area contributed by atoms with Crippen molar-refractivity contribution in [2.24, 2.45) is 0 Å². The maximum atomic E-state index is 11.7. The minimum absolute atomic E-state index is 0.110. The zero-order valence-electron chi connectivity index (χ0n) is 9.07. The maximum absolute atomic E-state index is 11.7. The van der Waals surface area contributed by atoms with Gasteiger partial charge in [-0.2, -0.15) is 0 Å². The lowest BCUT2D eigenvalue weighted by Crippen LogP contribution is -2.48. The SMILES string of the molecule is O=C(NNC1CCNCC1)c1ccncc1. The van der Waals surface area contributed by atoms with Crippen molar-refractivity contribution in [3.63, 3.8) is 0 Å². The quantitative estimate of drug-likeness (QED) is 0.631. The van der Waals surface area contributed by atoms with Crippen LogP contribution in [0.4, 0.5) is 0 Å². The van der Waals surface area contributed by atoms with Gasteiger partial charge in [-0.3, -0.25) is 15.2 Å². The molecule has 0 aromatic carbocycles. The number of carbonyl (C=O) groups is 1. The molecule has 1 aromatic heterocycles. The Morgan fingerprint density at radius 2 is 2.00 bits per heavy atom. The molecule has 0 spiro atoms. The summed E-state index contributed by atoms with van der Waals surface area (Å²) < 4.78 is 0. The van der Waals surface area contributed by atoms with E-state index in [1.54, 1.807) is 24.5 Å². The summed E-state index contributed by atoms with van der Waals surface area (Å²) in [5, 5.41) is 3.27. The zero-order valence-corrected chi connectivity index (χ0v) is 9.07. The minimum Gasteiger partial charge on any atom is -0.317 e. The second-order valence-corrected chi connectivity index (χ2v) is 3.86. The fraction of sp³-hybridized carbons (Fsp3) is 0.455. The molecule has 2 rings (SSSR count). The average molecular weight is 220 g/mol. The molecule has 0 radical (unpaired) electrons. The van der Waals surface area contributed by atoms with Crippen LogP contribution in [0.15, 0.2) is 24.5 Å². The van der Waals surface area contributed by atoms with Gasteiger partial charge in [-0.05, 0) is 38.1 Å². The van der Waals surface area contributed by atoms with Crippen LogP contribution in [-0.2, 0) is 0 Å². The van der Waals surface area contributed by atoms with Crippen LogP contribution in [0.3, 0.4) is 0 Å². The van der Waals surface area contributed by atoms with E-state index in [2.05, 4.69) is 21.2 Å². The largest absolute Gasteiger partial charge is 0.317 e. The number of pyridine rings is 1. The van der Waals surface area contributed by atoms with Crippen molar-refractivity contribution < 1.29 is 4.79 Å². The highest BCUT2D eigenvalue weighted by molar-refractivity contribution is 5.93. The summed E-state index contributed by atoms with van der Waals surface area (Å²) in [6.45, 7) is 2.01. The van der Waals surface area contributed by atoms with E-state index in [9.17, 15) is 4.79 Å². The number of nitrogens with zero attached hydrogens (tertiary/aromatic N) is 1. The molecule has 2 heterocycles. The number of nitrogens with one attached hydrogen (secondary N) is 3. The lowest BCUT2D eigenvalue weighted by molar-refractivity contribution is 0.0920. The lowest BCUT2D eigenvalue weighted by atomic mass is 10.1. The van der Waals surface area contributed by atoms with Gasteiger partial charge in [0.25, 0.3) is 5.91 Å². The molecule has 16 heavy (non-hydrogen) atoms. The van der Waals surface area contributed by atoms with Crippen molar-refractivity contribution in [1.29, 1.82) is 0 Å². The molecule has 0 saturated carbocycles. The molecule has 5 heteroatoms. The van der Waals surface area contributed by atoms with Crippen LogP contribution >= 0.6 is 0 Å². The third-order valence-electron chi connectivity index (χ3n) is 2.67. The van der Waals surface area contributed by atoms with Gasteiger partial charge in [-0.15, -0.1) is 0 Å². The van der Waals surface area contributed by atoms with Crippen LogP contribution in [-0.4, -0.2) is 30.0 Å². The minimum atomic E-state index is -0.110. The fourth-order valence-electron chi connectivity index (χ4n) is 1.71. The molecule has 1 saturated heterocycles. The molecule has 1 fully saturated rings. The molecule has 0 unspecified atom stereocenters. The highest BCUT2D eigenvalue weighted by Crippen LogP contribution is 2.01. The highest BCUT2D eigenvalue weighted by Gasteiger charge is 2.13. The average Bonchev–Trinajstić information content (AvgIpc) is 2.38. The van der Waals surface area contributed by atoms with Gasteiger partial charge in [0.1, 0.15) is 0 Å². The van der Waals surface area contributed by atoms with E-state index in [1.807, 2.05) is 0 Å². The Labute approximate surface area is 94.6 Å². The Hall–Kier alpha value is -1.46. The maximum Gasteiger partial charge on any atom is 0.265 e. The first-order chi connectivity index (χ1) is 7.86. The molecule has 1 aliphatic rings. The first-order valence-electron chi connectivity index (χ1n) is 5.53. The number of hydrogen-bond donors (Lipinski definition) is 3. The molecule has 86 valence electrons. The van der Waals surface area contributed by atoms with Crippen LogP contribution < -0.4 is 16.2 Å². The van der Waals surface area contributed by atoms with Gasteiger partial charge in [0.2, 0.25) is 0 Å². The summed E-state index contributed by atoms with van der Waals surface area (Å²) in [4.78, 5) is 15.5. The first kappa shape index (κ1) is 11.0. The molecular formula is C11H16N4O. The van der Waals surface area contributed by atoms with Crippen molar-refractivity contribution in [1.82, 2.24) is 21.2 Å². The number of carbonyl (C=O) groups excluding carboxylic acids is 1. The molecular weight excluding hydrogens is 204 g/mol. The van der Waals surface area contributed by atoms with E-state index in [4.69, 9.17) is 0 Å². The van der Waals surface area contributed by atoms with E-state index >= 15 is 0 Å². The second-order valence-electron chi connectivity index (χ2n) is 3.86. The molecule has 1 aromatic rings. The van der Waals surface area contributed by atoms with Crippen LogP contribution in [0.1, 0.15) is 23.2 Å². The summed E-state index contributed by atoms with van der Waals surface area (Å²) in [7, 11) is 0. The fourth-order valence-corrected chi connectivity index (χ4v) is 1.71. The number of hydrazine groups is 1. The Bertz CT molecular complexity index is 335. The number of aromatic nitrogens is 1. The number of rotatable bonds is 3. The van der Waals surface area contributed by atoms with Gasteiger partial charge in [-0.25, -0.2) is 5.43 Å². The van der Waals surface area contributed by atoms with Crippen LogP contribution in [0.5, 0.6) is 0 Å². The summed E-state index contributed by atoms with van der Waals surface area (Å²) in [6, 6.07) is 3.76. The van der Waals surface area contributed by atoms with Gasteiger partial charge in [0, 0.05) is 24.0 Å². The van der Waals surface area contributed by atoms with Gasteiger partial charge < -0.3 is 5.32 Å². The van der Waals surface area contributed by atoms with Gasteiger partial charge in [0.15, 0.2) is 0 Å². The van der Waals surface area contributed by atoms with Crippen molar-refractivity contribution in [2.45, 2.75) is 18.9 Å². The summed E-state index contributed by atoms with van der Waals surface area (Å²) in [5.74, 6) is -0.110. The third-order valence-corrected chi connectivity index (χ3v) is 2.67. The Morgan fingerprint density at radius 1 is 1.31 bits per heavy atom. The van der Waals surface area contributed by atoms with Crippen LogP contribution in [0.25, 0.3) is 0 Å². The molecule has 3 N–H and O–H groups in total. The Balaban J connectivity index is 1.79. The summed E-state index contributed by atoms with van der Waals surface area (Å²) in [6.07, 6.45) is 5.30. The smallest absolute Gasteiger partial charge is 0.265 e. The van der Waals surface area contributed by atoms with E-state index in [1.165, 1.54) is 0 Å². The molecule has 0 atom stereocenters. The predicted octanol–water partition coefficient (Wildman–Crippen LogP) is 0.0680.